The van der Waals surface area contributed by atoms with Crippen molar-refractivity contribution < 1.29 is 9.52 Å². The maximum atomic E-state index is 8.75. The smallest absolute Gasteiger partial charge is 0.248 e. The summed E-state index contributed by atoms with van der Waals surface area (Å²) in [6.07, 6.45) is 2.95. The van der Waals surface area contributed by atoms with Crippen LogP contribution in [-0.4, -0.2) is 40.4 Å². The Morgan fingerprint density at radius 1 is 1.19 bits per heavy atom. The molecule has 2 rings (SSSR count). The molecule has 0 fully saturated rings. The highest BCUT2D eigenvalue weighted by molar-refractivity contribution is 9.10. The molecule has 0 aliphatic heterocycles. The van der Waals surface area contributed by atoms with Gasteiger partial charge in [-0.05, 0) is 60.9 Å². The van der Waals surface area contributed by atoms with Gasteiger partial charge in [-0.15, -0.1) is 10.2 Å². The number of rotatable bonds is 8. The van der Waals surface area contributed by atoms with Gasteiger partial charge in [0.15, 0.2) is 0 Å². The fourth-order valence-electron chi connectivity index (χ4n) is 2.04. The lowest BCUT2D eigenvalue weighted by Crippen LogP contribution is -2.19. The Labute approximate surface area is 133 Å². The molecule has 0 bridgehead atoms. The van der Waals surface area contributed by atoms with Gasteiger partial charge in [0.05, 0.1) is 12.1 Å². The van der Waals surface area contributed by atoms with Gasteiger partial charge in [-0.1, -0.05) is 12.1 Å². The van der Waals surface area contributed by atoms with E-state index in [1.165, 1.54) is 0 Å². The summed E-state index contributed by atoms with van der Waals surface area (Å²) in [5.41, 5.74) is 0.904. The molecule has 5 nitrogen and oxygen atoms in total. The van der Waals surface area contributed by atoms with Crippen LogP contribution in [0.5, 0.6) is 0 Å². The second-order valence-corrected chi connectivity index (χ2v) is 5.86. The Bertz CT molecular complexity index is 559. The molecule has 0 saturated heterocycles. The first-order chi connectivity index (χ1) is 10.2. The highest BCUT2D eigenvalue weighted by Gasteiger charge is 2.12. The van der Waals surface area contributed by atoms with Gasteiger partial charge in [0.1, 0.15) is 0 Å². The van der Waals surface area contributed by atoms with E-state index in [2.05, 4.69) is 31.0 Å². The first-order valence-corrected chi connectivity index (χ1v) is 7.86. The Kier molecular flexibility index (Phi) is 6.35. The van der Waals surface area contributed by atoms with Crippen LogP contribution in [-0.2, 0) is 6.54 Å². The number of halogens is 1. The number of benzene rings is 1. The zero-order valence-electron chi connectivity index (χ0n) is 12.1. The summed E-state index contributed by atoms with van der Waals surface area (Å²) < 4.78 is 6.66. The lowest BCUT2D eigenvalue weighted by Gasteiger charge is -2.13. The molecule has 0 saturated carbocycles. The SMILES string of the molecule is CN(CCCCCO)Cc1nnc(-c2ccccc2Br)o1. The van der Waals surface area contributed by atoms with Crippen molar-refractivity contribution in [1.29, 1.82) is 0 Å². The molecular formula is C15H20BrN3O2. The third-order valence-corrected chi connectivity index (χ3v) is 3.87. The number of hydrogen-bond donors (Lipinski definition) is 1. The molecule has 0 amide bonds. The first kappa shape index (κ1) is 16.1. The lowest BCUT2D eigenvalue weighted by atomic mass is 10.2. The van der Waals surface area contributed by atoms with Crippen LogP contribution in [0.25, 0.3) is 11.5 Å². The Morgan fingerprint density at radius 2 is 2.00 bits per heavy atom. The summed E-state index contributed by atoms with van der Waals surface area (Å²) in [6, 6.07) is 7.79. The fourth-order valence-corrected chi connectivity index (χ4v) is 2.50. The number of hydrogen-bond acceptors (Lipinski definition) is 5. The predicted molar refractivity (Wildman–Crippen MR) is 84.7 cm³/mol. The molecule has 0 atom stereocenters. The lowest BCUT2D eigenvalue weighted by molar-refractivity contribution is 0.262. The fraction of sp³-hybridized carbons (Fsp3) is 0.467. The zero-order chi connectivity index (χ0) is 15.1. The first-order valence-electron chi connectivity index (χ1n) is 7.07. The van der Waals surface area contributed by atoms with Gasteiger partial charge in [-0.2, -0.15) is 0 Å². The molecule has 0 aliphatic rings. The van der Waals surface area contributed by atoms with Crippen LogP contribution >= 0.6 is 15.9 Å². The molecule has 114 valence electrons. The third-order valence-electron chi connectivity index (χ3n) is 3.17. The predicted octanol–water partition coefficient (Wildman–Crippen LogP) is 3.09. The van der Waals surface area contributed by atoms with Crippen molar-refractivity contribution in [2.45, 2.75) is 25.8 Å². The van der Waals surface area contributed by atoms with Crippen molar-refractivity contribution in [3.8, 4) is 11.5 Å². The summed E-state index contributed by atoms with van der Waals surface area (Å²) in [6.45, 7) is 1.85. The average molecular weight is 354 g/mol. The topological polar surface area (TPSA) is 62.4 Å². The number of aliphatic hydroxyl groups is 1. The van der Waals surface area contributed by atoms with Crippen molar-refractivity contribution in [1.82, 2.24) is 15.1 Å². The molecule has 1 aromatic carbocycles. The van der Waals surface area contributed by atoms with Crippen molar-refractivity contribution in [3.63, 3.8) is 0 Å². The zero-order valence-corrected chi connectivity index (χ0v) is 13.7. The van der Waals surface area contributed by atoms with Gasteiger partial charge in [0.25, 0.3) is 0 Å². The molecule has 1 heterocycles. The van der Waals surface area contributed by atoms with E-state index in [0.717, 1.165) is 35.8 Å². The largest absolute Gasteiger partial charge is 0.419 e. The van der Waals surface area contributed by atoms with Crippen molar-refractivity contribution in [2.75, 3.05) is 20.2 Å². The molecule has 1 N–H and O–H groups in total. The minimum Gasteiger partial charge on any atom is -0.419 e. The van der Waals surface area contributed by atoms with E-state index >= 15 is 0 Å². The van der Waals surface area contributed by atoms with Crippen LogP contribution in [0.3, 0.4) is 0 Å². The second kappa shape index (κ2) is 8.26. The number of nitrogens with zero attached hydrogens (tertiary/aromatic N) is 3. The van der Waals surface area contributed by atoms with Crippen LogP contribution in [0.1, 0.15) is 25.2 Å². The van der Waals surface area contributed by atoms with Crippen molar-refractivity contribution in [3.05, 3.63) is 34.6 Å². The normalized spacial score (nSPS) is 11.2. The number of aliphatic hydroxyl groups excluding tert-OH is 1. The van der Waals surface area contributed by atoms with E-state index in [-0.39, 0.29) is 6.61 Å². The van der Waals surface area contributed by atoms with E-state index in [1.807, 2.05) is 31.3 Å². The molecule has 0 spiro atoms. The minimum absolute atomic E-state index is 0.267. The monoisotopic (exact) mass is 353 g/mol. The highest BCUT2D eigenvalue weighted by Crippen LogP contribution is 2.26. The van der Waals surface area contributed by atoms with Crippen molar-refractivity contribution >= 4 is 15.9 Å². The summed E-state index contributed by atoms with van der Waals surface area (Å²) in [7, 11) is 2.03. The summed E-state index contributed by atoms with van der Waals surface area (Å²) >= 11 is 3.48. The third kappa shape index (κ3) is 4.91. The van der Waals surface area contributed by atoms with Crippen LogP contribution in [0.4, 0.5) is 0 Å². The van der Waals surface area contributed by atoms with Gasteiger partial charge in [-0.25, -0.2) is 0 Å². The molecule has 21 heavy (non-hydrogen) atoms. The minimum atomic E-state index is 0.267. The van der Waals surface area contributed by atoms with E-state index in [1.54, 1.807) is 0 Å². The molecule has 2 aromatic rings. The van der Waals surface area contributed by atoms with E-state index in [9.17, 15) is 0 Å². The maximum absolute atomic E-state index is 8.75. The second-order valence-electron chi connectivity index (χ2n) is 5.00. The van der Waals surface area contributed by atoms with Crippen LogP contribution in [0.15, 0.2) is 33.2 Å². The van der Waals surface area contributed by atoms with Crippen molar-refractivity contribution in [2.24, 2.45) is 0 Å². The quantitative estimate of drug-likeness (QED) is 0.738. The van der Waals surface area contributed by atoms with E-state index < -0.39 is 0 Å². The number of unbranched alkanes of at least 4 members (excludes halogenated alkanes) is 2. The van der Waals surface area contributed by atoms with Crippen LogP contribution in [0.2, 0.25) is 0 Å². The van der Waals surface area contributed by atoms with Gasteiger partial charge in [0, 0.05) is 11.1 Å². The Hall–Kier alpha value is -1.24. The Morgan fingerprint density at radius 3 is 2.76 bits per heavy atom. The molecule has 0 aliphatic carbocycles. The molecule has 0 unspecified atom stereocenters. The molecule has 0 radical (unpaired) electrons. The molecular weight excluding hydrogens is 334 g/mol. The maximum Gasteiger partial charge on any atom is 0.248 e. The van der Waals surface area contributed by atoms with E-state index in [4.69, 9.17) is 9.52 Å². The summed E-state index contributed by atoms with van der Waals surface area (Å²) in [5, 5.41) is 17.0. The molecule has 6 heteroatoms. The summed E-state index contributed by atoms with van der Waals surface area (Å²) in [5.74, 6) is 1.15. The standard InChI is InChI=1S/C15H20BrN3O2/c1-19(9-5-2-6-10-20)11-14-17-18-15(21-14)12-7-3-4-8-13(12)16/h3-4,7-8,20H,2,5-6,9-11H2,1H3. The average Bonchev–Trinajstić information content (AvgIpc) is 2.92. The molecule has 1 aromatic heterocycles. The van der Waals surface area contributed by atoms with Crippen LogP contribution in [0, 0.1) is 0 Å². The summed E-state index contributed by atoms with van der Waals surface area (Å²) in [4.78, 5) is 2.15. The highest BCUT2D eigenvalue weighted by atomic mass is 79.9. The van der Waals surface area contributed by atoms with Crippen LogP contribution < -0.4 is 0 Å². The Balaban J connectivity index is 1.90. The number of aromatic nitrogens is 2. The van der Waals surface area contributed by atoms with Gasteiger partial charge in [0.2, 0.25) is 11.8 Å². The van der Waals surface area contributed by atoms with E-state index in [0.29, 0.717) is 18.3 Å². The van der Waals surface area contributed by atoms with Gasteiger partial charge >= 0.3 is 0 Å². The van der Waals surface area contributed by atoms with Gasteiger partial charge in [-0.3, -0.25) is 4.90 Å². The van der Waals surface area contributed by atoms with Gasteiger partial charge < -0.3 is 9.52 Å².